The molecule has 1 aromatic carbocycles. The molecule has 0 N–H and O–H groups in total. The maximum absolute atomic E-state index is 13.0. The zero-order chi connectivity index (χ0) is 17.2. The van der Waals surface area contributed by atoms with Gasteiger partial charge >= 0.3 is 0 Å². The second-order valence-corrected chi connectivity index (χ2v) is 6.43. The number of rotatable bonds is 3. The topological polar surface area (TPSA) is 59.3 Å². The van der Waals surface area contributed by atoms with Crippen molar-refractivity contribution in [3.05, 3.63) is 48.2 Å². The Labute approximate surface area is 146 Å². The van der Waals surface area contributed by atoms with Crippen LogP contribution in [0.15, 0.2) is 36.7 Å². The number of piperazine rings is 1. The van der Waals surface area contributed by atoms with Crippen molar-refractivity contribution in [1.29, 1.82) is 5.26 Å². The van der Waals surface area contributed by atoms with E-state index >= 15 is 0 Å². The van der Waals surface area contributed by atoms with Crippen molar-refractivity contribution < 1.29 is 4.39 Å². The van der Waals surface area contributed by atoms with Crippen molar-refractivity contribution in [3.63, 3.8) is 0 Å². The summed E-state index contributed by atoms with van der Waals surface area (Å²) in [5, 5.41) is 8.77. The van der Waals surface area contributed by atoms with E-state index in [0.717, 1.165) is 50.8 Å². The fraction of sp³-hybridized carbons (Fsp3) is 0.389. The van der Waals surface area contributed by atoms with Gasteiger partial charge in [0.15, 0.2) is 5.69 Å². The highest BCUT2D eigenvalue weighted by Gasteiger charge is 2.34. The largest absolute Gasteiger partial charge is 0.369 e. The minimum atomic E-state index is -0.192. The summed E-state index contributed by atoms with van der Waals surface area (Å²) in [6.45, 7) is 5.82. The Morgan fingerprint density at radius 1 is 0.960 bits per heavy atom. The fourth-order valence-electron chi connectivity index (χ4n) is 3.41. The Kier molecular flexibility index (Phi) is 4.20. The van der Waals surface area contributed by atoms with E-state index in [4.69, 9.17) is 5.26 Å². The van der Waals surface area contributed by atoms with E-state index in [1.54, 1.807) is 6.20 Å². The van der Waals surface area contributed by atoms with Gasteiger partial charge in [0, 0.05) is 51.0 Å². The normalized spacial score (nSPS) is 18.7. The van der Waals surface area contributed by atoms with Crippen LogP contribution in [0.4, 0.5) is 15.9 Å². The van der Waals surface area contributed by atoms with Crippen LogP contribution in [-0.2, 0) is 0 Å². The van der Waals surface area contributed by atoms with E-state index in [2.05, 4.69) is 24.7 Å². The molecule has 0 bridgehead atoms. The summed E-state index contributed by atoms with van der Waals surface area (Å²) in [7, 11) is 0. The molecule has 7 heteroatoms. The Balaban J connectivity index is 1.28. The number of hydrogen-bond donors (Lipinski definition) is 0. The van der Waals surface area contributed by atoms with Crippen LogP contribution in [0, 0.1) is 17.1 Å². The van der Waals surface area contributed by atoms with Crippen molar-refractivity contribution in [2.45, 2.75) is 6.04 Å². The first-order valence-electron chi connectivity index (χ1n) is 8.44. The summed E-state index contributed by atoms with van der Waals surface area (Å²) in [5.41, 5.74) is 1.43. The molecular weight excluding hydrogens is 319 g/mol. The maximum atomic E-state index is 13.0. The maximum Gasteiger partial charge on any atom is 0.158 e. The molecule has 2 fully saturated rings. The molecule has 0 radical (unpaired) electrons. The lowest BCUT2D eigenvalue weighted by Crippen LogP contribution is -2.63. The van der Waals surface area contributed by atoms with Gasteiger partial charge in [-0.25, -0.2) is 14.4 Å². The number of anilines is 2. The highest BCUT2D eigenvalue weighted by atomic mass is 19.1. The first kappa shape index (κ1) is 15.8. The van der Waals surface area contributed by atoms with E-state index in [0.29, 0.717) is 11.7 Å². The summed E-state index contributed by atoms with van der Waals surface area (Å²) in [6, 6.07) is 9.25. The molecule has 2 saturated heterocycles. The predicted molar refractivity (Wildman–Crippen MR) is 92.9 cm³/mol. The van der Waals surface area contributed by atoms with Gasteiger partial charge in [-0.3, -0.25) is 4.90 Å². The van der Waals surface area contributed by atoms with Gasteiger partial charge < -0.3 is 9.80 Å². The summed E-state index contributed by atoms with van der Waals surface area (Å²) in [6.07, 6.45) is 3.19. The van der Waals surface area contributed by atoms with Crippen LogP contribution in [0.3, 0.4) is 0 Å². The van der Waals surface area contributed by atoms with Gasteiger partial charge in [-0.2, -0.15) is 5.26 Å². The molecule has 0 aliphatic carbocycles. The summed E-state index contributed by atoms with van der Waals surface area (Å²) in [5.74, 6) is 0.642. The number of nitriles is 1. The highest BCUT2D eigenvalue weighted by Crippen LogP contribution is 2.23. The van der Waals surface area contributed by atoms with Crippen LogP contribution in [0.2, 0.25) is 0 Å². The lowest BCUT2D eigenvalue weighted by molar-refractivity contribution is 0.156. The Morgan fingerprint density at radius 2 is 1.68 bits per heavy atom. The molecule has 0 atom stereocenters. The first-order chi connectivity index (χ1) is 12.2. The van der Waals surface area contributed by atoms with Crippen molar-refractivity contribution in [1.82, 2.24) is 14.9 Å². The van der Waals surface area contributed by atoms with Crippen LogP contribution in [0.5, 0.6) is 0 Å². The van der Waals surface area contributed by atoms with Crippen LogP contribution in [0.1, 0.15) is 5.69 Å². The lowest BCUT2D eigenvalue weighted by Gasteiger charge is -2.48. The van der Waals surface area contributed by atoms with Gasteiger partial charge in [-0.15, -0.1) is 0 Å². The highest BCUT2D eigenvalue weighted by molar-refractivity contribution is 5.47. The molecular formula is C18H19FN6. The molecule has 2 aromatic rings. The third-order valence-corrected chi connectivity index (χ3v) is 4.96. The number of benzene rings is 1. The monoisotopic (exact) mass is 338 g/mol. The standard InChI is InChI=1S/C18H19FN6/c19-14-1-3-16(4-2-14)23-5-7-24(8-6-23)17-12-25(13-17)18-11-21-15(9-20)10-22-18/h1-4,10-11,17H,5-8,12-13H2. The van der Waals surface area contributed by atoms with Gasteiger partial charge in [-0.1, -0.05) is 0 Å². The van der Waals surface area contributed by atoms with Gasteiger partial charge in [0.05, 0.1) is 12.4 Å². The molecule has 4 rings (SSSR count). The van der Waals surface area contributed by atoms with Crippen molar-refractivity contribution in [3.8, 4) is 6.07 Å². The summed E-state index contributed by atoms with van der Waals surface area (Å²) < 4.78 is 13.0. The fourth-order valence-corrected chi connectivity index (χ4v) is 3.41. The van der Waals surface area contributed by atoms with Gasteiger partial charge in [-0.05, 0) is 24.3 Å². The van der Waals surface area contributed by atoms with Crippen molar-refractivity contribution >= 4 is 11.5 Å². The molecule has 1 aromatic heterocycles. The molecule has 6 nitrogen and oxygen atoms in total. The quantitative estimate of drug-likeness (QED) is 0.845. The number of aromatic nitrogens is 2. The van der Waals surface area contributed by atoms with Gasteiger partial charge in [0.25, 0.3) is 0 Å². The molecule has 2 aliphatic heterocycles. The number of halogens is 1. The van der Waals surface area contributed by atoms with Gasteiger partial charge in [0.1, 0.15) is 17.7 Å². The number of hydrogen-bond acceptors (Lipinski definition) is 6. The van der Waals surface area contributed by atoms with Crippen molar-refractivity contribution in [2.75, 3.05) is 49.1 Å². The average Bonchev–Trinajstić information content (AvgIpc) is 2.62. The average molecular weight is 338 g/mol. The Morgan fingerprint density at radius 3 is 2.28 bits per heavy atom. The number of nitrogens with zero attached hydrogens (tertiary/aromatic N) is 6. The smallest absolute Gasteiger partial charge is 0.158 e. The molecule has 0 amide bonds. The third kappa shape index (κ3) is 3.26. The zero-order valence-electron chi connectivity index (χ0n) is 13.8. The molecule has 25 heavy (non-hydrogen) atoms. The van der Waals surface area contributed by atoms with Crippen LogP contribution >= 0.6 is 0 Å². The van der Waals surface area contributed by atoms with Crippen LogP contribution < -0.4 is 9.80 Å². The van der Waals surface area contributed by atoms with Crippen LogP contribution in [0.25, 0.3) is 0 Å². The van der Waals surface area contributed by atoms with E-state index < -0.39 is 0 Å². The summed E-state index contributed by atoms with van der Waals surface area (Å²) in [4.78, 5) is 15.4. The SMILES string of the molecule is N#Cc1cnc(N2CC(N3CCN(c4ccc(F)cc4)CC3)C2)cn1. The van der Waals surface area contributed by atoms with E-state index in [1.807, 2.05) is 18.2 Å². The van der Waals surface area contributed by atoms with E-state index in [1.165, 1.54) is 18.3 Å². The molecule has 128 valence electrons. The third-order valence-electron chi connectivity index (χ3n) is 4.96. The minimum Gasteiger partial charge on any atom is -0.369 e. The van der Waals surface area contributed by atoms with Crippen LogP contribution in [-0.4, -0.2) is 60.2 Å². The Hall–Kier alpha value is -2.72. The van der Waals surface area contributed by atoms with E-state index in [9.17, 15) is 4.39 Å². The Bertz CT molecular complexity index is 756. The second-order valence-electron chi connectivity index (χ2n) is 6.43. The molecule has 2 aliphatic rings. The zero-order valence-corrected chi connectivity index (χ0v) is 13.8. The predicted octanol–water partition coefficient (Wildman–Crippen LogP) is 1.50. The van der Waals surface area contributed by atoms with Crippen molar-refractivity contribution in [2.24, 2.45) is 0 Å². The van der Waals surface area contributed by atoms with E-state index in [-0.39, 0.29) is 5.82 Å². The molecule has 0 saturated carbocycles. The van der Waals surface area contributed by atoms with Gasteiger partial charge in [0.2, 0.25) is 0 Å². The first-order valence-corrected chi connectivity index (χ1v) is 8.44. The second kappa shape index (κ2) is 6.65. The summed E-state index contributed by atoms with van der Waals surface area (Å²) >= 11 is 0. The lowest BCUT2D eigenvalue weighted by atomic mass is 10.1. The molecule has 3 heterocycles. The molecule has 0 spiro atoms. The molecule has 0 unspecified atom stereocenters. The minimum absolute atomic E-state index is 0.192.